The third kappa shape index (κ3) is 4.45. The molecule has 0 bridgehead atoms. The van der Waals surface area contributed by atoms with Gasteiger partial charge in [-0.1, -0.05) is 60.7 Å². The number of aromatic nitrogens is 1. The van der Waals surface area contributed by atoms with E-state index in [-0.39, 0.29) is 24.8 Å². The van der Waals surface area contributed by atoms with E-state index in [1.807, 2.05) is 12.3 Å². The Morgan fingerprint density at radius 1 is 0.500 bits per heavy atom. The van der Waals surface area contributed by atoms with E-state index in [4.69, 9.17) is 0 Å². The molecule has 0 N–H and O–H groups in total. The van der Waals surface area contributed by atoms with E-state index in [0.717, 1.165) is 11.9 Å². The maximum atomic E-state index is 4.67. The Balaban J connectivity index is 0.00000140. The van der Waals surface area contributed by atoms with Gasteiger partial charge < -0.3 is 0 Å². The predicted octanol–water partition coefficient (Wildman–Crippen LogP) is 5.42. The molecule has 0 aliphatic carbocycles. The standard InChI is InChI=1S/C24H21NP.2ClH/c1-4-13-22(14-5-1)26(23-15-6-2-7-16-23,24-17-8-3-9-18-24)20-21-12-10-11-19-25-21;;/h1-19H,20H2;2*1H/q+1;;. The van der Waals surface area contributed by atoms with Crippen molar-refractivity contribution >= 4 is 48.0 Å². The molecule has 0 aliphatic rings. The number of nitrogens with zero attached hydrogens (tertiary/aromatic N) is 1. The molecule has 4 rings (SSSR count). The third-order valence-electron chi connectivity index (χ3n) is 4.72. The van der Waals surface area contributed by atoms with E-state index in [0.29, 0.717) is 0 Å². The number of pyridine rings is 1. The summed E-state index contributed by atoms with van der Waals surface area (Å²) in [6.07, 6.45) is 2.82. The van der Waals surface area contributed by atoms with Crippen molar-refractivity contribution in [1.82, 2.24) is 4.98 Å². The summed E-state index contributed by atoms with van der Waals surface area (Å²) in [4.78, 5) is 4.67. The summed E-state index contributed by atoms with van der Waals surface area (Å²) in [6.45, 7) is 0. The fourth-order valence-electron chi connectivity index (χ4n) is 3.50. The lowest BCUT2D eigenvalue weighted by Crippen LogP contribution is -2.32. The highest BCUT2D eigenvalue weighted by atomic mass is 35.5. The number of halogens is 2. The molecule has 0 fully saturated rings. The van der Waals surface area contributed by atoms with Crippen LogP contribution in [0.1, 0.15) is 5.69 Å². The molecule has 0 saturated heterocycles. The average molecular weight is 427 g/mol. The minimum atomic E-state index is -1.84. The minimum absolute atomic E-state index is 0. The van der Waals surface area contributed by atoms with Gasteiger partial charge in [0.1, 0.15) is 29.3 Å². The van der Waals surface area contributed by atoms with E-state index < -0.39 is 7.26 Å². The first-order chi connectivity index (χ1) is 12.9. The molecular formula is C24H23Cl2NP+. The van der Waals surface area contributed by atoms with Crippen LogP contribution in [-0.2, 0) is 6.16 Å². The van der Waals surface area contributed by atoms with Gasteiger partial charge in [0.2, 0.25) is 0 Å². The van der Waals surface area contributed by atoms with Gasteiger partial charge in [-0.25, -0.2) is 0 Å². The molecule has 0 unspecified atom stereocenters. The molecule has 3 aromatic carbocycles. The lowest BCUT2D eigenvalue weighted by atomic mass is 10.3. The molecule has 28 heavy (non-hydrogen) atoms. The van der Waals surface area contributed by atoms with Crippen LogP contribution < -0.4 is 15.9 Å². The van der Waals surface area contributed by atoms with Crippen molar-refractivity contribution in [3.05, 3.63) is 121 Å². The summed E-state index contributed by atoms with van der Waals surface area (Å²) in [7, 11) is -1.84. The van der Waals surface area contributed by atoms with Crippen molar-refractivity contribution in [2.45, 2.75) is 6.16 Å². The Morgan fingerprint density at radius 2 is 0.893 bits per heavy atom. The molecule has 1 aromatic heterocycles. The van der Waals surface area contributed by atoms with Crippen LogP contribution in [0.2, 0.25) is 0 Å². The first-order valence-electron chi connectivity index (χ1n) is 8.84. The van der Waals surface area contributed by atoms with Gasteiger partial charge >= 0.3 is 0 Å². The van der Waals surface area contributed by atoms with Gasteiger partial charge in [-0.3, -0.25) is 4.98 Å². The smallest absolute Gasteiger partial charge is 0.118 e. The van der Waals surface area contributed by atoms with Gasteiger partial charge in [0, 0.05) is 6.20 Å². The fourth-order valence-corrected chi connectivity index (χ4v) is 7.66. The van der Waals surface area contributed by atoms with Crippen LogP contribution in [0.4, 0.5) is 0 Å². The molecule has 4 aromatic rings. The van der Waals surface area contributed by atoms with Gasteiger partial charge in [0.25, 0.3) is 0 Å². The molecule has 1 heterocycles. The maximum absolute atomic E-state index is 4.67. The summed E-state index contributed by atoms with van der Waals surface area (Å²) in [5.74, 6) is 0. The third-order valence-corrected chi connectivity index (χ3v) is 9.05. The summed E-state index contributed by atoms with van der Waals surface area (Å²) >= 11 is 0. The zero-order valence-electron chi connectivity index (χ0n) is 15.4. The Kier molecular flexibility index (Phi) is 8.20. The second-order valence-corrected chi connectivity index (χ2v) is 9.78. The molecule has 0 radical (unpaired) electrons. The highest BCUT2D eigenvalue weighted by Gasteiger charge is 2.45. The van der Waals surface area contributed by atoms with E-state index in [1.165, 1.54) is 15.9 Å². The highest BCUT2D eigenvalue weighted by Crippen LogP contribution is 2.57. The van der Waals surface area contributed by atoms with Crippen LogP contribution in [0.25, 0.3) is 0 Å². The van der Waals surface area contributed by atoms with Gasteiger partial charge in [-0.15, -0.1) is 24.8 Å². The van der Waals surface area contributed by atoms with Gasteiger partial charge in [0.15, 0.2) is 0 Å². The monoisotopic (exact) mass is 426 g/mol. The Morgan fingerprint density at radius 3 is 1.25 bits per heavy atom. The highest BCUT2D eigenvalue weighted by molar-refractivity contribution is 7.95. The molecular weight excluding hydrogens is 404 g/mol. The van der Waals surface area contributed by atoms with Gasteiger partial charge in [0.05, 0.1) is 5.69 Å². The Hall–Kier alpha value is -2.18. The van der Waals surface area contributed by atoms with Crippen LogP contribution in [0.5, 0.6) is 0 Å². The molecule has 142 valence electrons. The van der Waals surface area contributed by atoms with Crippen molar-refractivity contribution < 1.29 is 0 Å². The Labute approximate surface area is 180 Å². The van der Waals surface area contributed by atoms with Gasteiger partial charge in [-0.2, -0.15) is 0 Å². The van der Waals surface area contributed by atoms with E-state index in [9.17, 15) is 0 Å². The lowest BCUT2D eigenvalue weighted by Gasteiger charge is -2.27. The van der Waals surface area contributed by atoms with E-state index in [2.05, 4.69) is 108 Å². The van der Waals surface area contributed by atoms with E-state index in [1.54, 1.807) is 0 Å². The van der Waals surface area contributed by atoms with Crippen molar-refractivity contribution in [3.8, 4) is 0 Å². The summed E-state index contributed by atoms with van der Waals surface area (Å²) in [5, 5.41) is 4.18. The number of rotatable bonds is 5. The van der Waals surface area contributed by atoms with Crippen molar-refractivity contribution in [3.63, 3.8) is 0 Å². The van der Waals surface area contributed by atoms with Crippen LogP contribution in [0.15, 0.2) is 115 Å². The largest absolute Gasteiger partial charge is 0.257 e. The molecule has 0 spiro atoms. The summed E-state index contributed by atoms with van der Waals surface area (Å²) < 4.78 is 0. The summed E-state index contributed by atoms with van der Waals surface area (Å²) in [5.41, 5.74) is 1.14. The minimum Gasteiger partial charge on any atom is -0.257 e. The van der Waals surface area contributed by atoms with Gasteiger partial charge in [-0.05, 0) is 48.5 Å². The summed E-state index contributed by atoms with van der Waals surface area (Å²) in [6, 6.07) is 39.0. The molecule has 0 aliphatic heterocycles. The van der Waals surface area contributed by atoms with Crippen LogP contribution >= 0.6 is 32.1 Å². The van der Waals surface area contributed by atoms with Crippen molar-refractivity contribution in [1.29, 1.82) is 0 Å². The second-order valence-electron chi connectivity index (χ2n) is 6.30. The van der Waals surface area contributed by atoms with Crippen molar-refractivity contribution in [2.24, 2.45) is 0 Å². The molecule has 4 heteroatoms. The van der Waals surface area contributed by atoms with Crippen LogP contribution in [0, 0.1) is 0 Å². The average Bonchev–Trinajstić information content (AvgIpc) is 2.75. The first kappa shape index (κ1) is 22.1. The maximum Gasteiger partial charge on any atom is 0.118 e. The van der Waals surface area contributed by atoms with Crippen LogP contribution in [0.3, 0.4) is 0 Å². The number of hydrogen-bond acceptors (Lipinski definition) is 1. The molecule has 0 amide bonds. The van der Waals surface area contributed by atoms with E-state index >= 15 is 0 Å². The predicted molar refractivity (Wildman–Crippen MR) is 128 cm³/mol. The lowest BCUT2D eigenvalue weighted by molar-refractivity contribution is 1.17. The zero-order valence-corrected chi connectivity index (χ0v) is 17.9. The second kappa shape index (κ2) is 10.4. The fraction of sp³-hybridized carbons (Fsp3) is 0.0417. The molecule has 1 nitrogen and oxygen atoms in total. The topological polar surface area (TPSA) is 12.9 Å². The molecule has 0 atom stereocenters. The van der Waals surface area contributed by atoms with Crippen LogP contribution in [-0.4, -0.2) is 4.98 Å². The molecule has 0 saturated carbocycles. The number of benzene rings is 3. The quantitative estimate of drug-likeness (QED) is 0.388. The first-order valence-corrected chi connectivity index (χ1v) is 10.8. The number of hydrogen-bond donors (Lipinski definition) is 0. The van der Waals surface area contributed by atoms with Crippen molar-refractivity contribution in [2.75, 3.05) is 0 Å². The Bertz CT molecular complexity index is 852. The SMILES string of the molecule is Cl.Cl.c1ccc([P+](Cc2ccccn2)(c2ccccc2)c2ccccc2)cc1. The zero-order chi connectivity index (χ0) is 17.7. The normalized spacial score (nSPS) is 10.4.